The lowest BCUT2D eigenvalue weighted by Crippen LogP contribution is -2.15. The number of carbonyl (C=O) groups excluding carboxylic acids is 2. The third-order valence-corrected chi connectivity index (χ3v) is 6.46. The van der Waals surface area contributed by atoms with Gasteiger partial charge in [0.15, 0.2) is 11.5 Å². The third kappa shape index (κ3) is 2.96. The second kappa shape index (κ2) is 6.27. The van der Waals surface area contributed by atoms with E-state index in [9.17, 15) is 18.0 Å². The van der Waals surface area contributed by atoms with Crippen LogP contribution in [-0.4, -0.2) is 27.3 Å². The number of ketones is 1. The Hall–Kier alpha value is -2.19. The van der Waals surface area contributed by atoms with Gasteiger partial charge in [-0.25, -0.2) is 4.79 Å². The summed E-state index contributed by atoms with van der Waals surface area (Å²) in [5.41, 5.74) is 2.05. The van der Waals surface area contributed by atoms with Crippen molar-refractivity contribution in [2.45, 2.75) is 31.1 Å². The van der Waals surface area contributed by atoms with Gasteiger partial charge in [0.1, 0.15) is 9.77 Å². The summed E-state index contributed by atoms with van der Waals surface area (Å²) in [6.45, 7) is 3.80. The van der Waals surface area contributed by atoms with Gasteiger partial charge in [-0.05, 0) is 41.5 Å². The lowest BCUT2D eigenvalue weighted by atomic mass is 9.98. The highest BCUT2D eigenvalue weighted by molar-refractivity contribution is 7.87. The van der Waals surface area contributed by atoms with Gasteiger partial charge in [0.25, 0.3) is 0 Å². The molecule has 3 rings (SSSR count). The van der Waals surface area contributed by atoms with Crippen molar-refractivity contribution in [2.75, 3.05) is 7.11 Å². The van der Waals surface area contributed by atoms with Crippen LogP contribution in [0.1, 0.15) is 50.4 Å². The number of aryl methyl sites for hydroxylation is 1. The second-order valence-corrected chi connectivity index (χ2v) is 8.27. The number of benzene rings is 1. The first-order valence-electron chi connectivity index (χ1n) is 7.53. The van der Waals surface area contributed by atoms with Gasteiger partial charge in [0.2, 0.25) is 0 Å². The van der Waals surface area contributed by atoms with E-state index >= 15 is 0 Å². The number of Topliss-reactive ketones (excluding diaryl/α,β-unsaturated/α-hetero) is 1. The average molecular weight is 380 g/mol. The van der Waals surface area contributed by atoms with E-state index < -0.39 is 16.1 Å². The molecule has 8 heteroatoms. The van der Waals surface area contributed by atoms with Crippen LogP contribution < -0.4 is 4.18 Å². The Morgan fingerprint density at radius 1 is 1.28 bits per heavy atom. The van der Waals surface area contributed by atoms with Crippen molar-refractivity contribution in [2.24, 2.45) is 0 Å². The van der Waals surface area contributed by atoms with Crippen molar-refractivity contribution in [1.82, 2.24) is 0 Å². The highest BCUT2D eigenvalue weighted by atomic mass is 32.2. The molecule has 1 aromatic heterocycles. The maximum Gasteiger partial charge on any atom is 0.349 e. The molecule has 1 aliphatic rings. The van der Waals surface area contributed by atoms with Crippen molar-refractivity contribution in [3.05, 3.63) is 45.1 Å². The molecule has 0 radical (unpaired) electrons. The van der Waals surface area contributed by atoms with Crippen LogP contribution in [0.15, 0.2) is 28.5 Å². The van der Waals surface area contributed by atoms with E-state index in [1.807, 2.05) is 13.8 Å². The molecule has 1 heterocycles. The fourth-order valence-corrected chi connectivity index (χ4v) is 5.33. The van der Waals surface area contributed by atoms with E-state index in [1.54, 1.807) is 6.07 Å². The van der Waals surface area contributed by atoms with Crippen molar-refractivity contribution in [3.8, 4) is 5.75 Å². The molecule has 0 aliphatic heterocycles. The molecule has 0 bridgehead atoms. The summed E-state index contributed by atoms with van der Waals surface area (Å²) < 4.78 is 35.1. The van der Waals surface area contributed by atoms with E-state index in [2.05, 4.69) is 4.74 Å². The van der Waals surface area contributed by atoms with E-state index in [4.69, 9.17) is 4.18 Å². The molecular weight excluding hydrogens is 364 g/mol. The normalized spacial score (nSPS) is 16.6. The number of esters is 1. The van der Waals surface area contributed by atoms with Gasteiger partial charge in [-0.2, -0.15) is 8.42 Å². The summed E-state index contributed by atoms with van der Waals surface area (Å²) in [7, 11) is -3.10. The molecule has 0 saturated heterocycles. The Labute approximate surface area is 149 Å². The minimum absolute atomic E-state index is 0.00281. The number of hydrogen-bond donors (Lipinski definition) is 0. The Kier molecular flexibility index (Phi) is 4.42. The predicted octanol–water partition coefficient (Wildman–Crippen LogP) is 3.30. The highest BCUT2D eigenvalue weighted by Crippen LogP contribution is 2.41. The predicted molar refractivity (Wildman–Crippen MR) is 92.0 cm³/mol. The van der Waals surface area contributed by atoms with E-state index in [0.717, 1.165) is 22.5 Å². The SMILES string of the molecule is COC(=O)c1sccc1S(=O)(=O)Oc1ccc(C)c2c1C(=O)C[C@@H]2C. The topological polar surface area (TPSA) is 86.7 Å². The van der Waals surface area contributed by atoms with Crippen LogP contribution in [0.2, 0.25) is 0 Å². The van der Waals surface area contributed by atoms with Gasteiger partial charge < -0.3 is 8.92 Å². The van der Waals surface area contributed by atoms with E-state index in [0.29, 0.717) is 12.0 Å². The summed E-state index contributed by atoms with van der Waals surface area (Å²) in [5, 5.41) is 1.47. The van der Waals surface area contributed by atoms with Crippen molar-refractivity contribution >= 4 is 33.2 Å². The summed E-state index contributed by atoms with van der Waals surface area (Å²) >= 11 is 0.948. The van der Waals surface area contributed by atoms with Crippen LogP contribution in [0.25, 0.3) is 0 Å². The molecule has 0 unspecified atom stereocenters. The largest absolute Gasteiger partial charge is 0.465 e. The number of fused-ring (bicyclic) bond motifs is 1. The molecule has 0 amide bonds. The first kappa shape index (κ1) is 17.6. The third-order valence-electron chi connectivity index (χ3n) is 4.16. The molecule has 132 valence electrons. The lowest BCUT2D eigenvalue weighted by molar-refractivity contribution is 0.0602. The summed E-state index contributed by atoms with van der Waals surface area (Å²) in [5.74, 6) is -0.886. The number of carbonyl (C=O) groups is 2. The van der Waals surface area contributed by atoms with Crippen LogP contribution in [0.5, 0.6) is 5.75 Å². The number of thiophene rings is 1. The summed E-state index contributed by atoms with van der Waals surface area (Å²) in [4.78, 5) is 23.7. The number of rotatable bonds is 4. The van der Waals surface area contributed by atoms with Crippen molar-refractivity contribution in [3.63, 3.8) is 0 Å². The average Bonchev–Trinajstić information content (AvgIpc) is 3.15. The van der Waals surface area contributed by atoms with Crippen LogP contribution in [0.4, 0.5) is 0 Å². The summed E-state index contributed by atoms with van der Waals surface area (Å²) in [6, 6.07) is 4.49. The Morgan fingerprint density at radius 2 is 2.00 bits per heavy atom. The van der Waals surface area contributed by atoms with Gasteiger partial charge in [-0.1, -0.05) is 13.0 Å². The van der Waals surface area contributed by atoms with E-state index in [1.165, 1.54) is 24.6 Å². The molecule has 0 saturated carbocycles. The standard InChI is InChI=1S/C17H16O6S2/c1-9-4-5-12(15-11(18)8-10(2)14(9)15)23-25(20,21)13-6-7-24-16(13)17(19)22-3/h4-7,10H,8H2,1-3H3/t10-/m0/s1. The molecule has 6 nitrogen and oxygen atoms in total. The molecule has 0 N–H and O–H groups in total. The quantitative estimate of drug-likeness (QED) is 0.597. The minimum atomic E-state index is -4.27. The van der Waals surface area contributed by atoms with Gasteiger partial charge in [-0.3, -0.25) is 4.79 Å². The maximum atomic E-state index is 12.6. The molecule has 2 aromatic rings. The Balaban J connectivity index is 2.06. The molecule has 25 heavy (non-hydrogen) atoms. The number of hydrogen-bond acceptors (Lipinski definition) is 7. The molecular formula is C17H16O6S2. The fourth-order valence-electron chi connectivity index (χ4n) is 3.08. The fraction of sp³-hybridized carbons (Fsp3) is 0.294. The number of ether oxygens (including phenoxy) is 1. The van der Waals surface area contributed by atoms with Gasteiger partial charge in [0, 0.05) is 6.42 Å². The van der Waals surface area contributed by atoms with Crippen LogP contribution in [0.3, 0.4) is 0 Å². The molecule has 0 spiro atoms. The second-order valence-electron chi connectivity index (χ2n) is 5.84. The Morgan fingerprint density at radius 3 is 2.68 bits per heavy atom. The molecule has 1 atom stereocenters. The van der Waals surface area contributed by atoms with Crippen LogP contribution >= 0.6 is 11.3 Å². The van der Waals surface area contributed by atoms with Crippen molar-refractivity contribution in [1.29, 1.82) is 0 Å². The first-order valence-corrected chi connectivity index (χ1v) is 9.82. The van der Waals surface area contributed by atoms with Crippen LogP contribution in [0, 0.1) is 6.92 Å². The van der Waals surface area contributed by atoms with Crippen molar-refractivity contribution < 1.29 is 26.9 Å². The monoisotopic (exact) mass is 380 g/mol. The highest BCUT2D eigenvalue weighted by Gasteiger charge is 2.34. The van der Waals surface area contributed by atoms with Crippen LogP contribution in [-0.2, 0) is 14.9 Å². The smallest absolute Gasteiger partial charge is 0.349 e. The molecule has 1 aromatic carbocycles. The van der Waals surface area contributed by atoms with E-state index in [-0.39, 0.29) is 27.2 Å². The number of methoxy groups -OCH3 is 1. The zero-order chi connectivity index (χ0) is 18.4. The van der Waals surface area contributed by atoms with Gasteiger partial charge in [0.05, 0.1) is 12.7 Å². The Bertz CT molecular complexity index is 971. The summed E-state index contributed by atoms with van der Waals surface area (Å²) in [6.07, 6.45) is 0.322. The molecule has 1 aliphatic carbocycles. The first-order chi connectivity index (χ1) is 11.8. The van der Waals surface area contributed by atoms with Gasteiger partial charge >= 0.3 is 16.1 Å². The molecule has 0 fully saturated rings. The maximum absolute atomic E-state index is 12.6. The zero-order valence-electron chi connectivity index (χ0n) is 13.9. The van der Waals surface area contributed by atoms with Gasteiger partial charge in [-0.15, -0.1) is 11.3 Å². The lowest BCUT2D eigenvalue weighted by Gasteiger charge is -2.13. The zero-order valence-corrected chi connectivity index (χ0v) is 15.5. The minimum Gasteiger partial charge on any atom is -0.465 e.